The highest BCUT2D eigenvalue weighted by atomic mass is 16.6. The first-order valence-electron chi connectivity index (χ1n) is 14.0. The number of carbonyl (C=O) groups excluding carboxylic acids is 4. The largest absolute Gasteiger partial charge is 0.504 e. The number of unbranched alkanes of at least 4 members (excludes halogenated alkanes) is 2. The molecule has 0 aromatic carbocycles. The molecule has 11 heteroatoms. The highest BCUT2D eigenvalue weighted by Gasteiger charge is 2.64. The minimum atomic E-state index is -1.29. The molecule has 0 unspecified atom stereocenters. The number of ether oxygens (including phenoxy) is 3. The fourth-order valence-corrected chi connectivity index (χ4v) is 7.18. The van der Waals surface area contributed by atoms with Gasteiger partial charge in [-0.2, -0.15) is 0 Å². The number of fused-ring (bicyclic) bond motifs is 4. The summed E-state index contributed by atoms with van der Waals surface area (Å²) in [5.74, 6) is -3.94. The Morgan fingerprint density at radius 3 is 2.51 bits per heavy atom. The maximum absolute atomic E-state index is 14.0. The molecule has 11 nitrogen and oxygen atoms in total. The van der Waals surface area contributed by atoms with E-state index in [0.29, 0.717) is 37.8 Å². The SMILES string of the molecule is COC[C@H]1OC(=O)/C(=C\N(C)CCCCCC(=O)O)C2=C(O)C(=O)C3=C([C@H](OC(C)=O)C[C@]4(C)C(=O)CC[C@@H]34)[C@]21C. The lowest BCUT2D eigenvalue weighted by molar-refractivity contribution is -0.160. The van der Waals surface area contributed by atoms with E-state index in [1.807, 2.05) is 0 Å². The van der Waals surface area contributed by atoms with E-state index in [1.54, 1.807) is 25.8 Å². The molecule has 1 heterocycles. The number of esters is 2. The van der Waals surface area contributed by atoms with Crippen molar-refractivity contribution in [2.24, 2.45) is 16.7 Å². The van der Waals surface area contributed by atoms with Crippen LogP contribution in [0.5, 0.6) is 0 Å². The Morgan fingerprint density at radius 2 is 1.88 bits per heavy atom. The van der Waals surface area contributed by atoms with Gasteiger partial charge >= 0.3 is 17.9 Å². The van der Waals surface area contributed by atoms with Crippen LogP contribution in [-0.2, 0) is 38.2 Å². The zero-order valence-corrected chi connectivity index (χ0v) is 24.3. The molecule has 41 heavy (non-hydrogen) atoms. The van der Waals surface area contributed by atoms with E-state index in [2.05, 4.69) is 0 Å². The highest BCUT2D eigenvalue weighted by Crippen LogP contribution is 2.62. The normalized spacial score (nSPS) is 32.0. The van der Waals surface area contributed by atoms with Gasteiger partial charge in [0.2, 0.25) is 5.78 Å². The summed E-state index contributed by atoms with van der Waals surface area (Å²) in [6, 6.07) is 0. The van der Waals surface area contributed by atoms with Crippen LogP contribution in [0.15, 0.2) is 34.3 Å². The van der Waals surface area contributed by atoms with Crippen molar-refractivity contribution < 1.29 is 48.4 Å². The Labute approximate surface area is 239 Å². The number of carbonyl (C=O) groups is 5. The second-order valence-corrected chi connectivity index (χ2v) is 11.9. The van der Waals surface area contributed by atoms with Gasteiger partial charge in [-0.25, -0.2) is 4.79 Å². The van der Waals surface area contributed by atoms with Gasteiger partial charge in [-0.15, -0.1) is 0 Å². The Bertz CT molecular complexity index is 1260. The number of carboxylic acid groups (broad SMARTS) is 1. The van der Waals surface area contributed by atoms with Gasteiger partial charge in [-0.3, -0.25) is 19.2 Å². The van der Waals surface area contributed by atoms with Gasteiger partial charge < -0.3 is 29.3 Å². The van der Waals surface area contributed by atoms with Crippen molar-refractivity contribution in [3.8, 4) is 0 Å². The predicted octanol–water partition coefficient (Wildman–Crippen LogP) is 3.04. The van der Waals surface area contributed by atoms with Crippen molar-refractivity contribution in [1.82, 2.24) is 4.90 Å². The monoisotopic (exact) mass is 573 g/mol. The summed E-state index contributed by atoms with van der Waals surface area (Å²) >= 11 is 0. The third-order valence-corrected chi connectivity index (χ3v) is 9.17. The van der Waals surface area contributed by atoms with Crippen molar-refractivity contribution in [3.05, 3.63) is 34.3 Å². The van der Waals surface area contributed by atoms with Crippen molar-refractivity contribution >= 4 is 29.5 Å². The summed E-state index contributed by atoms with van der Waals surface area (Å²) < 4.78 is 17.1. The summed E-state index contributed by atoms with van der Waals surface area (Å²) in [5.41, 5.74) is -1.45. The van der Waals surface area contributed by atoms with E-state index in [1.165, 1.54) is 20.2 Å². The van der Waals surface area contributed by atoms with Gasteiger partial charge in [-0.1, -0.05) is 13.3 Å². The molecule has 5 atom stereocenters. The number of Topliss-reactive ketones (excluding diaryl/α,β-unsaturated/α-hetero) is 2. The van der Waals surface area contributed by atoms with Crippen molar-refractivity contribution in [2.45, 2.75) is 77.9 Å². The summed E-state index contributed by atoms with van der Waals surface area (Å²) in [5, 5.41) is 20.4. The number of aliphatic hydroxyl groups excluding tert-OH is 1. The van der Waals surface area contributed by atoms with Gasteiger partial charge in [0.15, 0.2) is 5.76 Å². The van der Waals surface area contributed by atoms with Crippen molar-refractivity contribution in [3.63, 3.8) is 0 Å². The van der Waals surface area contributed by atoms with Crippen LogP contribution in [0, 0.1) is 16.7 Å². The maximum Gasteiger partial charge on any atom is 0.340 e. The number of cyclic esters (lactones) is 1. The van der Waals surface area contributed by atoms with Crippen molar-refractivity contribution in [2.75, 3.05) is 27.3 Å². The molecule has 4 rings (SSSR count). The standard InChI is InChI=1S/C30H39NO10/c1-16(32)40-19-13-29(2)18(10-11-20(29)33)23-25(19)30(3)21(15-39-5)41-28(38)17(24(30)27(37)26(23)36)14-31(4)12-8-6-7-9-22(34)35/h14,18-19,21,37H,6-13,15H2,1-5H3,(H,34,35)/b17-14-/t18-,19+,21+,29-,30-/m0/s1. The molecule has 4 aliphatic rings. The van der Waals surface area contributed by atoms with Crippen LogP contribution in [0.3, 0.4) is 0 Å². The minimum absolute atomic E-state index is 0.00250. The molecular formula is C30H39NO10. The molecule has 0 amide bonds. The van der Waals surface area contributed by atoms with Gasteiger partial charge in [0.05, 0.1) is 17.6 Å². The van der Waals surface area contributed by atoms with Crippen molar-refractivity contribution in [1.29, 1.82) is 0 Å². The van der Waals surface area contributed by atoms with Gasteiger partial charge in [-0.05, 0) is 31.8 Å². The Kier molecular flexibility index (Phi) is 8.50. The number of ketones is 2. The van der Waals surface area contributed by atoms with E-state index in [9.17, 15) is 29.1 Å². The zero-order chi connectivity index (χ0) is 30.3. The highest BCUT2D eigenvalue weighted by molar-refractivity contribution is 6.14. The first kappa shape index (κ1) is 30.5. The van der Waals surface area contributed by atoms with Crippen LogP contribution in [0.4, 0.5) is 0 Å². The average molecular weight is 574 g/mol. The summed E-state index contributed by atoms with van der Waals surface area (Å²) in [6.07, 6.45) is 2.42. The van der Waals surface area contributed by atoms with Crippen LogP contribution in [-0.4, -0.2) is 84.1 Å². The van der Waals surface area contributed by atoms with Gasteiger partial charge in [0.25, 0.3) is 0 Å². The lowest BCUT2D eigenvalue weighted by atomic mass is 9.53. The second-order valence-electron chi connectivity index (χ2n) is 11.9. The molecule has 0 bridgehead atoms. The fraction of sp³-hybridized carbons (Fsp3) is 0.633. The Hall–Kier alpha value is -3.47. The van der Waals surface area contributed by atoms with E-state index < -0.39 is 58.4 Å². The molecule has 1 aliphatic heterocycles. The first-order chi connectivity index (χ1) is 19.3. The topological polar surface area (TPSA) is 157 Å². The lowest BCUT2D eigenvalue weighted by Crippen LogP contribution is -2.57. The minimum Gasteiger partial charge on any atom is -0.504 e. The summed E-state index contributed by atoms with van der Waals surface area (Å²) in [7, 11) is 3.19. The molecule has 1 saturated heterocycles. The summed E-state index contributed by atoms with van der Waals surface area (Å²) in [4.78, 5) is 65.2. The third kappa shape index (κ3) is 5.20. The quantitative estimate of drug-likeness (QED) is 0.225. The first-order valence-corrected chi connectivity index (χ1v) is 14.0. The van der Waals surface area contributed by atoms with Gasteiger partial charge in [0.1, 0.15) is 18.0 Å². The van der Waals surface area contributed by atoms with Gasteiger partial charge in [0, 0.05) is 75.6 Å². The molecule has 1 saturated carbocycles. The molecule has 0 aromatic heterocycles. The number of aliphatic carboxylic acids is 1. The van der Waals surface area contributed by atoms with E-state index in [4.69, 9.17) is 19.3 Å². The maximum atomic E-state index is 14.0. The van der Waals surface area contributed by atoms with E-state index in [-0.39, 0.29) is 48.4 Å². The van der Waals surface area contributed by atoms with Crippen LogP contribution < -0.4 is 0 Å². The number of hydrogen-bond acceptors (Lipinski definition) is 10. The number of aliphatic hydroxyl groups is 1. The molecular weight excluding hydrogens is 534 g/mol. The lowest BCUT2D eigenvalue weighted by Gasteiger charge is -2.53. The second kappa shape index (κ2) is 11.4. The number of carboxylic acids is 1. The van der Waals surface area contributed by atoms with Crippen LogP contribution >= 0.6 is 0 Å². The molecule has 2 fully saturated rings. The molecule has 224 valence electrons. The average Bonchev–Trinajstić information content (AvgIpc) is 3.18. The molecule has 3 aliphatic carbocycles. The number of hydrogen-bond donors (Lipinski definition) is 2. The Balaban J connectivity index is 1.82. The van der Waals surface area contributed by atoms with Crippen LogP contribution in [0.25, 0.3) is 0 Å². The smallest absolute Gasteiger partial charge is 0.340 e. The number of nitrogens with zero attached hydrogens (tertiary/aromatic N) is 1. The Morgan fingerprint density at radius 1 is 1.17 bits per heavy atom. The third-order valence-electron chi connectivity index (χ3n) is 9.17. The molecule has 2 N–H and O–H groups in total. The number of allylic oxidation sites excluding steroid dienone is 1. The number of methoxy groups -OCH3 is 1. The predicted molar refractivity (Wildman–Crippen MR) is 144 cm³/mol. The van der Waals surface area contributed by atoms with Crippen LogP contribution in [0.1, 0.15) is 65.7 Å². The van der Waals surface area contributed by atoms with E-state index >= 15 is 0 Å². The molecule has 0 radical (unpaired) electrons. The van der Waals surface area contributed by atoms with E-state index in [0.717, 1.165) is 0 Å². The number of rotatable bonds is 10. The fourth-order valence-electron chi connectivity index (χ4n) is 7.18. The molecule has 0 spiro atoms. The summed E-state index contributed by atoms with van der Waals surface area (Å²) in [6.45, 7) is 5.24. The zero-order valence-electron chi connectivity index (χ0n) is 24.3. The van der Waals surface area contributed by atoms with Crippen LogP contribution in [0.2, 0.25) is 0 Å². The molecule has 0 aromatic rings.